The van der Waals surface area contributed by atoms with Gasteiger partial charge in [0.25, 0.3) is 0 Å². The summed E-state index contributed by atoms with van der Waals surface area (Å²) in [7, 11) is -1.55. The summed E-state index contributed by atoms with van der Waals surface area (Å²) in [5.41, 5.74) is -0.428. The van der Waals surface area contributed by atoms with Crippen molar-refractivity contribution in [3.63, 3.8) is 0 Å². The van der Waals surface area contributed by atoms with Crippen molar-refractivity contribution in [1.82, 2.24) is 0 Å². The number of rotatable bonds is 5. The lowest BCUT2D eigenvalue weighted by atomic mass is 9.58. The van der Waals surface area contributed by atoms with E-state index in [4.69, 9.17) is 4.43 Å². The SMILES string of the molecule is CC[Si](CC)(CC)OC1(C)CC2CCCC(C1)C2(C)O. The fourth-order valence-corrected chi connectivity index (χ4v) is 7.99. The molecule has 118 valence electrons. The Labute approximate surface area is 126 Å². The van der Waals surface area contributed by atoms with Crippen molar-refractivity contribution in [2.75, 3.05) is 0 Å². The van der Waals surface area contributed by atoms with E-state index in [0.29, 0.717) is 11.8 Å². The van der Waals surface area contributed by atoms with Gasteiger partial charge in [-0.2, -0.15) is 0 Å². The van der Waals surface area contributed by atoms with Gasteiger partial charge in [-0.15, -0.1) is 0 Å². The molecule has 2 bridgehead atoms. The second-order valence-electron chi connectivity index (χ2n) is 7.75. The van der Waals surface area contributed by atoms with Crippen molar-refractivity contribution in [3.05, 3.63) is 0 Å². The van der Waals surface area contributed by atoms with Crippen LogP contribution in [0.25, 0.3) is 0 Å². The first-order chi connectivity index (χ1) is 9.31. The Morgan fingerprint density at radius 1 is 1.00 bits per heavy atom. The minimum absolute atomic E-state index is 0.0201. The van der Waals surface area contributed by atoms with Crippen LogP contribution in [0.3, 0.4) is 0 Å². The summed E-state index contributed by atoms with van der Waals surface area (Å²) >= 11 is 0. The minimum atomic E-state index is -1.55. The Bertz CT molecular complexity index is 312. The van der Waals surface area contributed by atoms with Crippen LogP contribution in [0, 0.1) is 11.8 Å². The van der Waals surface area contributed by atoms with Gasteiger partial charge in [-0.3, -0.25) is 0 Å². The average Bonchev–Trinajstić information content (AvgIpc) is 2.39. The van der Waals surface area contributed by atoms with Gasteiger partial charge >= 0.3 is 0 Å². The van der Waals surface area contributed by atoms with E-state index in [0.717, 1.165) is 12.8 Å². The van der Waals surface area contributed by atoms with E-state index in [1.54, 1.807) is 0 Å². The average molecular weight is 299 g/mol. The molecule has 0 aromatic carbocycles. The monoisotopic (exact) mass is 298 g/mol. The summed E-state index contributed by atoms with van der Waals surface area (Å²) in [5.74, 6) is 0.884. The molecular weight excluding hydrogens is 264 g/mol. The number of aliphatic hydroxyl groups is 1. The largest absolute Gasteiger partial charge is 0.412 e. The van der Waals surface area contributed by atoms with Crippen molar-refractivity contribution in [2.24, 2.45) is 11.8 Å². The molecule has 0 aromatic heterocycles. The maximum atomic E-state index is 10.8. The van der Waals surface area contributed by atoms with Gasteiger partial charge in [0.15, 0.2) is 8.32 Å². The summed E-state index contributed by atoms with van der Waals surface area (Å²) in [6, 6.07) is 3.67. The van der Waals surface area contributed by atoms with Gasteiger partial charge in [-0.1, -0.05) is 27.2 Å². The van der Waals surface area contributed by atoms with E-state index in [1.807, 2.05) is 0 Å². The topological polar surface area (TPSA) is 29.5 Å². The summed E-state index contributed by atoms with van der Waals surface area (Å²) < 4.78 is 6.87. The fraction of sp³-hybridized carbons (Fsp3) is 1.00. The van der Waals surface area contributed by atoms with Crippen LogP contribution in [0.4, 0.5) is 0 Å². The van der Waals surface area contributed by atoms with Gasteiger partial charge in [-0.25, -0.2) is 0 Å². The van der Waals surface area contributed by atoms with Crippen molar-refractivity contribution in [2.45, 2.75) is 96.1 Å². The fourth-order valence-electron chi connectivity index (χ4n) is 4.84. The molecule has 20 heavy (non-hydrogen) atoms. The van der Waals surface area contributed by atoms with E-state index in [9.17, 15) is 5.11 Å². The molecule has 0 radical (unpaired) electrons. The number of hydrogen-bond acceptors (Lipinski definition) is 2. The van der Waals surface area contributed by atoms with Gasteiger partial charge < -0.3 is 9.53 Å². The van der Waals surface area contributed by atoms with E-state index in [-0.39, 0.29) is 5.60 Å². The van der Waals surface area contributed by atoms with Crippen LogP contribution in [0.5, 0.6) is 0 Å². The molecule has 2 nitrogen and oxygen atoms in total. The van der Waals surface area contributed by atoms with Crippen LogP contribution >= 0.6 is 0 Å². The van der Waals surface area contributed by atoms with Crippen molar-refractivity contribution in [3.8, 4) is 0 Å². The zero-order chi connectivity index (χ0) is 15.0. The second kappa shape index (κ2) is 5.73. The predicted octanol–water partition coefficient (Wildman–Crippen LogP) is 4.73. The Hall–Kier alpha value is 0.137. The summed E-state index contributed by atoms with van der Waals surface area (Å²) in [5, 5.41) is 10.8. The van der Waals surface area contributed by atoms with Gasteiger partial charge in [0.05, 0.1) is 11.2 Å². The molecule has 0 aliphatic heterocycles. The highest BCUT2D eigenvalue weighted by Crippen LogP contribution is 2.52. The molecule has 3 heteroatoms. The normalized spacial score (nSPS) is 41.7. The summed E-state index contributed by atoms with van der Waals surface area (Å²) in [6.45, 7) is 11.3. The quantitative estimate of drug-likeness (QED) is 0.744. The molecular formula is C17H34O2Si. The first-order valence-corrected chi connectivity index (χ1v) is 11.3. The summed E-state index contributed by atoms with van der Waals surface area (Å²) in [6.07, 6.45) is 5.78. The van der Waals surface area contributed by atoms with Crippen LogP contribution in [-0.2, 0) is 4.43 Å². The molecule has 0 amide bonds. The van der Waals surface area contributed by atoms with Gasteiger partial charge in [0.1, 0.15) is 0 Å². The lowest BCUT2D eigenvalue weighted by Gasteiger charge is -2.56. The van der Waals surface area contributed by atoms with Gasteiger partial charge in [0.2, 0.25) is 0 Å². The Balaban J connectivity index is 2.16. The molecule has 0 spiro atoms. The smallest absolute Gasteiger partial charge is 0.192 e. The predicted molar refractivity (Wildman–Crippen MR) is 87.4 cm³/mol. The molecule has 2 rings (SSSR count). The zero-order valence-corrected chi connectivity index (χ0v) is 15.2. The molecule has 2 unspecified atom stereocenters. The van der Waals surface area contributed by atoms with Crippen LogP contribution in [-0.4, -0.2) is 24.6 Å². The molecule has 2 aliphatic rings. The summed E-state index contributed by atoms with van der Waals surface area (Å²) in [4.78, 5) is 0. The lowest BCUT2D eigenvalue weighted by molar-refractivity contribution is -0.157. The molecule has 1 N–H and O–H groups in total. The molecule has 2 atom stereocenters. The third-order valence-corrected chi connectivity index (χ3v) is 11.3. The maximum absolute atomic E-state index is 10.8. The second-order valence-corrected chi connectivity index (χ2v) is 12.4. The first-order valence-electron chi connectivity index (χ1n) is 8.73. The van der Waals surface area contributed by atoms with E-state index in [2.05, 4.69) is 34.6 Å². The highest BCUT2D eigenvalue weighted by atomic mass is 28.4. The van der Waals surface area contributed by atoms with E-state index < -0.39 is 13.9 Å². The van der Waals surface area contributed by atoms with Gasteiger partial charge in [0, 0.05) is 0 Å². The van der Waals surface area contributed by atoms with E-state index >= 15 is 0 Å². The first kappa shape index (κ1) is 16.5. The van der Waals surface area contributed by atoms with Crippen LogP contribution < -0.4 is 0 Å². The van der Waals surface area contributed by atoms with Crippen molar-refractivity contribution in [1.29, 1.82) is 0 Å². The molecule has 0 heterocycles. The molecule has 2 saturated carbocycles. The molecule has 0 saturated heterocycles. The molecule has 2 aliphatic carbocycles. The standard InChI is InChI=1S/C17H34O2Si/c1-6-20(7-2,8-3)19-16(4)12-14-10-9-11-15(13-16)17(14,5)18/h14-15,18H,6-13H2,1-5H3. The Morgan fingerprint density at radius 2 is 1.45 bits per heavy atom. The van der Waals surface area contributed by atoms with Crippen molar-refractivity contribution < 1.29 is 9.53 Å². The molecule has 2 fully saturated rings. The number of hydrogen-bond donors (Lipinski definition) is 1. The number of fused-ring (bicyclic) bond motifs is 2. The van der Waals surface area contributed by atoms with Crippen LogP contribution in [0.15, 0.2) is 0 Å². The van der Waals surface area contributed by atoms with Crippen molar-refractivity contribution >= 4 is 8.32 Å². The lowest BCUT2D eigenvalue weighted by Crippen LogP contribution is -2.58. The van der Waals surface area contributed by atoms with E-state index in [1.165, 1.54) is 37.4 Å². The van der Waals surface area contributed by atoms with Crippen LogP contribution in [0.2, 0.25) is 18.1 Å². The Morgan fingerprint density at radius 3 is 1.85 bits per heavy atom. The third kappa shape index (κ3) is 2.86. The maximum Gasteiger partial charge on any atom is 0.192 e. The Kier molecular flexibility index (Phi) is 4.73. The molecule has 0 aromatic rings. The minimum Gasteiger partial charge on any atom is -0.412 e. The van der Waals surface area contributed by atoms with Gasteiger partial charge in [-0.05, 0) is 69.5 Å². The third-order valence-electron chi connectivity index (χ3n) is 6.51. The highest BCUT2D eigenvalue weighted by Gasteiger charge is 2.53. The zero-order valence-electron chi connectivity index (χ0n) is 14.2. The van der Waals surface area contributed by atoms with Crippen LogP contribution in [0.1, 0.15) is 66.7 Å². The highest BCUT2D eigenvalue weighted by molar-refractivity contribution is 6.73.